The Kier molecular flexibility index (Phi) is 5.88. The second kappa shape index (κ2) is 6.11. The number of nitrogens with two attached hydrogens (primary N) is 1. The summed E-state index contributed by atoms with van der Waals surface area (Å²) in [7, 11) is 0. The smallest absolute Gasteiger partial charge is 0.304 e. The second-order valence-electron chi connectivity index (χ2n) is 5.66. The Morgan fingerprint density at radius 3 is 2.33 bits per heavy atom. The molecule has 0 aromatic heterocycles. The first-order chi connectivity index (χ1) is 6.73. The summed E-state index contributed by atoms with van der Waals surface area (Å²) in [5, 5.41) is 8.62. The third-order valence-electron chi connectivity index (χ3n) is 2.65. The number of carboxylic acids is 1. The van der Waals surface area contributed by atoms with E-state index in [0.717, 1.165) is 12.8 Å². The molecule has 3 heteroatoms. The molecule has 0 fully saturated rings. The average Bonchev–Trinajstić information content (AvgIpc) is 1.98. The maximum atomic E-state index is 10.5. The Hall–Kier alpha value is -0.570. The molecule has 0 heterocycles. The van der Waals surface area contributed by atoms with Gasteiger partial charge in [0.25, 0.3) is 0 Å². The van der Waals surface area contributed by atoms with Crippen molar-refractivity contribution in [1.29, 1.82) is 0 Å². The molecular weight excluding hydrogens is 190 g/mol. The standard InChI is InChI=1S/C12H25NO2/c1-9(2)5-6-12(3,4)8-10(13)7-11(14)15/h9-10H,5-8,13H2,1-4H3,(H,14,15)/t10-/m1/s1. The predicted molar refractivity (Wildman–Crippen MR) is 62.7 cm³/mol. The van der Waals surface area contributed by atoms with Gasteiger partial charge >= 0.3 is 5.97 Å². The lowest BCUT2D eigenvalue weighted by atomic mass is 9.79. The Morgan fingerprint density at radius 1 is 1.40 bits per heavy atom. The highest BCUT2D eigenvalue weighted by molar-refractivity contribution is 5.67. The molecular formula is C12H25NO2. The molecule has 0 unspecified atom stereocenters. The zero-order valence-corrected chi connectivity index (χ0v) is 10.4. The number of rotatable bonds is 7. The van der Waals surface area contributed by atoms with Crippen molar-refractivity contribution in [2.45, 2.75) is 59.4 Å². The number of hydrogen-bond acceptors (Lipinski definition) is 2. The highest BCUT2D eigenvalue weighted by atomic mass is 16.4. The Labute approximate surface area is 93.0 Å². The van der Waals surface area contributed by atoms with Crippen LogP contribution in [0.3, 0.4) is 0 Å². The van der Waals surface area contributed by atoms with Gasteiger partial charge in [0, 0.05) is 6.04 Å². The summed E-state index contributed by atoms with van der Waals surface area (Å²) < 4.78 is 0. The summed E-state index contributed by atoms with van der Waals surface area (Å²) in [4.78, 5) is 10.5. The van der Waals surface area contributed by atoms with E-state index in [0.29, 0.717) is 5.92 Å². The van der Waals surface area contributed by atoms with Crippen LogP contribution in [0.4, 0.5) is 0 Å². The first kappa shape index (κ1) is 14.4. The minimum Gasteiger partial charge on any atom is -0.481 e. The van der Waals surface area contributed by atoms with Crippen LogP contribution in [0.15, 0.2) is 0 Å². The zero-order chi connectivity index (χ0) is 12.1. The molecule has 1 atom stereocenters. The first-order valence-corrected chi connectivity index (χ1v) is 5.70. The molecule has 0 aliphatic rings. The lowest BCUT2D eigenvalue weighted by Crippen LogP contribution is -2.30. The third kappa shape index (κ3) is 8.43. The highest BCUT2D eigenvalue weighted by Crippen LogP contribution is 2.30. The molecule has 0 aliphatic heterocycles. The maximum absolute atomic E-state index is 10.5. The molecule has 0 saturated heterocycles. The van der Waals surface area contributed by atoms with Crippen LogP contribution in [0.2, 0.25) is 0 Å². The summed E-state index contributed by atoms with van der Waals surface area (Å²) in [6.07, 6.45) is 3.14. The van der Waals surface area contributed by atoms with E-state index in [9.17, 15) is 4.79 Å². The minimum atomic E-state index is -0.804. The number of carboxylic acid groups (broad SMARTS) is 1. The largest absolute Gasteiger partial charge is 0.481 e. The molecule has 0 spiro atoms. The van der Waals surface area contributed by atoms with Gasteiger partial charge in [-0.05, 0) is 24.2 Å². The zero-order valence-electron chi connectivity index (χ0n) is 10.4. The summed E-state index contributed by atoms with van der Waals surface area (Å²) >= 11 is 0. The average molecular weight is 215 g/mol. The summed E-state index contributed by atoms with van der Waals surface area (Å²) in [5.41, 5.74) is 5.94. The van der Waals surface area contributed by atoms with Gasteiger partial charge in [-0.1, -0.05) is 34.1 Å². The van der Waals surface area contributed by atoms with E-state index in [1.807, 2.05) is 0 Å². The van der Waals surface area contributed by atoms with E-state index < -0.39 is 5.97 Å². The topological polar surface area (TPSA) is 63.3 Å². The third-order valence-corrected chi connectivity index (χ3v) is 2.65. The van der Waals surface area contributed by atoms with Gasteiger partial charge in [-0.3, -0.25) is 4.79 Å². The van der Waals surface area contributed by atoms with Gasteiger partial charge < -0.3 is 10.8 Å². The molecule has 0 aliphatic carbocycles. The van der Waals surface area contributed by atoms with Gasteiger partial charge in [0.15, 0.2) is 0 Å². The molecule has 3 nitrogen and oxygen atoms in total. The summed E-state index contributed by atoms with van der Waals surface area (Å²) in [5.74, 6) is -0.109. The van der Waals surface area contributed by atoms with Crippen molar-refractivity contribution in [1.82, 2.24) is 0 Å². The first-order valence-electron chi connectivity index (χ1n) is 5.70. The van der Waals surface area contributed by atoms with Gasteiger partial charge in [0.1, 0.15) is 0 Å². The quantitative estimate of drug-likeness (QED) is 0.686. The SMILES string of the molecule is CC(C)CCC(C)(C)C[C@H](N)CC(=O)O. The van der Waals surface area contributed by atoms with Crippen LogP contribution in [-0.2, 0) is 4.79 Å². The van der Waals surface area contributed by atoms with Gasteiger partial charge in [0.2, 0.25) is 0 Å². The fourth-order valence-electron chi connectivity index (χ4n) is 1.79. The summed E-state index contributed by atoms with van der Waals surface area (Å²) in [6.45, 7) is 8.73. The van der Waals surface area contributed by atoms with Gasteiger partial charge in [-0.2, -0.15) is 0 Å². The van der Waals surface area contributed by atoms with Crippen molar-refractivity contribution >= 4 is 5.97 Å². The Bertz CT molecular complexity index is 200. The van der Waals surface area contributed by atoms with Crippen molar-refractivity contribution in [3.05, 3.63) is 0 Å². The minimum absolute atomic E-state index is 0.0745. The van der Waals surface area contributed by atoms with Crippen molar-refractivity contribution in [3.63, 3.8) is 0 Å². The van der Waals surface area contributed by atoms with E-state index in [4.69, 9.17) is 10.8 Å². The second-order valence-corrected chi connectivity index (χ2v) is 5.66. The highest BCUT2D eigenvalue weighted by Gasteiger charge is 2.22. The van der Waals surface area contributed by atoms with Gasteiger partial charge in [-0.15, -0.1) is 0 Å². The van der Waals surface area contributed by atoms with Crippen molar-refractivity contribution < 1.29 is 9.90 Å². The van der Waals surface area contributed by atoms with Crippen LogP contribution >= 0.6 is 0 Å². The van der Waals surface area contributed by atoms with Crippen molar-refractivity contribution in [2.24, 2.45) is 17.1 Å². The number of carbonyl (C=O) groups is 1. The molecule has 15 heavy (non-hydrogen) atoms. The van der Waals surface area contributed by atoms with Gasteiger partial charge in [0.05, 0.1) is 6.42 Å². The molecule has 0 amide bonds. The predicted octanol–water partition coefficient (Wildman–Crippen LogP) is 2.64. The molecule has 0 rings (SSSR count). The van der Waals surface area contributed by atoms with E-state index in [1.165, 1.54) is 6.42 Å². The Balaban J connectivity index is 3.95. The van der Waals surface area contributed by atoms with E-state index in [2.05, 4.69) is 27.7 Å². The molecule has 0 saturated carbocycles. The van der Waals surface area contributed by atoms with Crippen molar-refractivity contribution in [2.75, 3.05) is 0 Å². The van der Waals surface area contributed by atoms with E-state index >= 15 is 0 Å². The van der Waals surface area contributed by atoms with Crippen LogP contribution in [0, 0.1) is 11.3 Å². The molecule has 0 radical (unpaired) electrons. The molecule has 0 aromatic carbocycles. The Morgan fingerprint density at radius 2 is 1.93 bits per heavy atom. The number of aliphatic carboxylic acids is 1. The van der Waals surface area contributed by atoms with Crippen LogP contribution in [0.25, 0.3) is 0 Å². The van der Waals surface area contributed by atoms with Gasteiger partial charge in [-0.25, -0.2) is 0 Å². The van der Waals surface area contributed by atoms with Crippen LogP contribution in [-0.4, -0.2) is 17.1 Å². The lowest BCUT2D eigenvalue weighted by Gasteiger charge is -2.28. The normalized spacial score (nSPS) is 14.3. The number of hydrogen-bond donors (Lipinski definition) is 2. The van der Waals surface area contributed by atoms with Crippen molar-refractivity contribution in [3.8, 4) is 0 Å². The van der Waals surface area contributed by atoms with Crippen LogP contribution < -0.4 is 5.73 Å². The lowest BCUT2D eigenvalue weighted by molar-refractivity contribution is -0.137. The monoisotopic (exact) mass is 215 g/mol. The fraction of sp³-hybridized carbons (Fsp3) is 0.917. The molecule has 0 aromatic rings. The maximum Gasteiger partial charge on any atom is 0.304 e. The fourth-order valence-corrected chi connectivity index (χ4v) is 1.79. The van der Waals surface area contributed by atoms with E-state index in [-0.39, 0.29) is 17.9 Å². The summed E-state index contributed by atoms with van der Waals surface area (Å²) in [6, 6.07) is -0.218. The van der Waals surface area contributed by atoms with E-state index in [1.54, 1.807) is 0 Å². The molecule has 0 bridgehead atoms. The van der Waals surface area contributed by atoms with Crippen LogP contribution in [0.5, 0.6) is 0 Å². The molecule has 90 valence electrons. The van der Waals surface area contributed by atoms with Crippen LogP contribution in [0.1, 0.15) is 53.4 Å². The molecule has 3 N–H and O–H groups in total.